The van der Waals surface area contributed by atoms with Crippen LogP contribution in [0.4, 0.5) is 11.5 Å². The number of nitrogens with zero attached hydrogens (tertiary/aromatic N) is 6. The molecule has 0 unspecified atom stereocenters. The van der Waals surface area contributed by atoms with Crippen LogP contribution in [0.2, 0.25) is 0 Å². The molecule has 0 spiro atoms. The maximum Gasteiger partial charge on any atom is 0.300 e. The SMILES string of the molecule is CNS(=O)(=O)Nc1nn2cccnc2c1C(=O)N[C@H](C)c1c2c3c(ccc(C#Cc4cnn(C)c4)c3c(=O)n1-c1ccccc1)NC2=O. The van der Waals surface area contributed by atoms with Crippen molar-refractivity contribution in [1.29, 1.82) is 0 Å². The molecular formula is C32H26N10O5S. The second kappa shape index (κ2) is 11.5. The van der Waals surface area contributed by atoms with Gasteiger partial charge in [0.25, 0.3) is 27.6 Å². The van der Waals surface area contributed by atoms with Crippen LogP contribution in [0.25, 0.3) is 22.1 Å². The maximum absolute atomic E-state index is 14.6. The van der Waals surface area contributed by atoms with Crippen molar-refractivity contribution in [3.63, 3.8) is 0 Å². The van der Waals surface area contributed by atoms with Crippen molar-refractivity contribution in [3.8, 4) is 17.5 Å². The maximum atomic E-state index is 14.6. The fourth-order valence-electron chi connectivity index (χ4n) is 5.72. The number of hydrogen-bond donors (Lipinski definition) is 4. The van der Waals surface area contributed by atoms with Gasteiger partial charge in [0.2, 0.25) is 0 Å². The van der Waals surface area contributed by atoms with E-state index in [1.165, 1.54) is 28.5 Å². The van der Waals surface area contributed by atoms with E-state index in [9.17, 15) is 22.8 Å². The summed E-state index contributed by atoms with van der Waals surface area (Å²) < 4.78 is 33.4. The summed E-state index contributed by atoms with van der Waals surface area (Å²) in [6.45, 7) is 1.63. The lowest BCUT2D eigenvalue weighted by Gasteiger charge is -2.23. The van der Waals surface area contributed by atoms with Crippen molar-refractivity contribution in [3.05, 3.63) is 112 Å². The molecule has 4 N–H and O–H groups in total. The molecule has 0 bridgehead atoms. The third-order valence-electron chi connectivity index (χ3n) is 7.79. The van der Waals surface area contributed by atoms with E-state index < -0.39 is 33.6 Å². The van der Waals surface area contributed by atoms with Crippen molar-refractivity contribution >= 4 is 49.9 Å². The minimum Gasteiger partial charge on any atom is -0.344 e. The minimum absolute atomic E-state index is 0.0800. The first kappa shape index (κ1) is 30.3. The van der Waals surface area contributed by atoms with Crippen LogP contribution in [0.5, 0.6) is 0 Å². The zero-order chi connectivity index (χ0) is 33.7. The van der Waals surface area contributed by atoms with Gasteiger partial charge < -0.3 is 10.6 Å². The Morgan fingerprint density at radius 3 is 2.56 bits per heavy atom. The predicted molar refractivity (Wildman–Crippen MR) is 177 cm³/mol. The van der Waals surface area contributed by atoms with Gasteiger partial charge in [-0.05, 0) is 37.3 Å². The summed E-state index contributed by atoms with van der Waals surface area (Å²) in [6, 6.07) is 12.7. The van der Waals surface area contributed by atoms with E-state index in [4.69, 9.17) is 0 Å². The van der Waals surface area contributed by atoms with Crippen LogP contribution in [0, 0.1) is 11.8 Å². The third-order valence-corrected chi connectivity index (χ3v) is 8.78. The van der Waals surface area contributed by atoms with Gasteiger partial charge in [0, 0.05) is 49.3 Å². The standard InChI is InChI=1S/C32H26N10O5S/c1-18(36-31(44)26-28(39-48(46,47)33-2)38-41-15-7-14-34-29(26)41)27-25-24-22(37-30(25)43)13-12-20(11-10-19-16-35-40(3)17-19)23(24)32(45)42(27)21-8-5-4-6-9-21/h4-9,12-18,33H,1-3H3,(H,36,44)(H,37,43)(H,38,39)/t18-/m1/s1. The number of fused-ring (bicyclic) bond motifs is 1. The molecule has 240 valence electrons. The molecular weight excluding hydrogens is 636 g/mol. The number of anilines is 2. The Morgan fingerprint density at radius 1 is 1.04 bits per heavy atom. The highest BCUT2D eigenvalue weighted by molar-refractivity contribution is 7.90. The molecule has 0 saturated heterocycles. The van der Waals surface area contributed by atoms with E-state index in [1.54, 1.807) is 79.6 Å². The van der Waals surface area contributed by atoms with Crippen LogP contribution in [0.1, 0.15) is 50.5 Å². The fourth-order valence-corrected chi connectivity index (χ4v) is 6.22. The molecule has 1 atom stereocenters. The lowest BCUT2D eigenvalue weighted by atomic mass is 9.97. The lowest BCUT2D eigenvalue weighted by molar-refractivity contribution is 0.0937. The molecule has 0 aliphatic carbocycles. The second-order valence-corrected chi connectivity index (χ2v) is 12.5. The summed E-state index contributed by atoms with van der Waals surface area (Å²) >= 11 is 0. The van der Waals surface area contributed by atoms with Gasteiger partial charge in [-0.25, -0.2) is 14.2 Å². The molecule has 1 aliphatic rings. The quantitative estimate of drug-likeness (QED) is 0.187. The zero-order valence-electron chi connectivity index (χ0n) is 25.6. The zero-order valence-corrected chi connectivity index (χ0v) is 26.5. The van der Waals surface area contributed by atoms with Crippen molar-refractivity contribution in [1.82, 2.24) is 39.0 Å². The number of aryl methyl sites for hydroxylation is 1. The number of rotatable bonds is 7. The van der Waals surface area contributed by atoms with E-state index in [1.807, 2.05) is 0 Å². The van der Waals surface area contributed by atoms with E-state index >= 15 is 0 Å². The summed E-state index contributed by atoms with van der Waals surface area (Å²) in [6.07, 6.45) is 6.30. The Kier molecular flexibility index (Phi) is 7.27. The average molecular weight is 663 g/mol. The van der Waals surface area contributed by atoms with E-state index in [0.717, 1.165) is 0 Å². The molecule has 2 amide bonds. The van der Waals surface area contributed by atoms with Gasteiger partial charge in [-0.15, -0.1) is 5.10 Å². The summed E-state index contributed by atoms with van der Waals surface area (Å²) in [5, 5.41) is 14.7. The number of carbonyl (C=O) groups excluding carboxylic acids is 2. The van der Waals surface area contributed by atoms with E-state index in [2.05, 4.69) is 47.1 Å². The largest absolute Gasteiger partial charge is 0.344 e. The Hall–Kier alpha value is -6.31. The normalized spacial score (nSPS) is 12.9. The first-order valence-electron chi connectivity index (χ1n) is 14.5. The fraction of sp³-hybridized carbons (Fsp3) is 0.125. The molecule has 7 rings (SSSR count). The molecule has 4 aromatic heterocycles. The highest BCUT2D eigenvalue weighted by Crippen LogP contribution is 2.38. The summed E-state index contributed by atoms with van der Waals surface area (Å²) in [5.41, 5.74) is 1.81. The topological polar surface area (TPSA) is 186 Å². The summed E-state index contributed by atoms with van der Waals surface area (Å²) in [4.78, 5) is 46.5. The van der Waals surface area contributed by atoms with Crippen molar-refractivity contribution in [2.75, 3.05) is 17.1 Å². The van der Waals surface area contributed by atoms with Crippen molar-refractivity contribution in [2.45, 2.75) is 13.0 Å². The summed E-state index contributed by atoms with van der Waals surface area (Å²) in [7, 11) is -1.08. The van der Waals surface area contributed by atoms with Gasteiger partial charge in [0.1, 0.15) is 5.56 Å². The van der Waals surface area contributed by atoms with Crippen LogP contribution in [-0.4, -0.2) is 56.2 Å². The van der Waals surface area contributed by atoms with Gasteiger partial charge in [0.05, 0.1) is 40.1 Å². The van der Waals surface area contributed by atoms with Gasteiger partial charge in [-0.3, -0.25) is 28.4 Å². The number of carbonyl (C=O) groups is 2. The molecule has 5 heterocycles. The average Bonchev–Trinajstić information content (AvgIpc) is 3.75. The van der Waals surface area contributed by atoms with Gasteiger partial charge >= 0.3 is 0 Å². The number of nitrogens with one attached hydrogen (secondary N) is 4. The molecule has 6 aromatic rings. The third kappa shape index (κ3) is 5.12. The van der Waals surface area contributed by atoms with Crippen molar-refractivity contribution < 1.29 is 18.0 Å². The van der Waals surface area contributed by atoms with Crippen LogP contribution < -0.4 is 25.6 Å². The van der Waals surface area contributed by atoms with E-state index in [0.29, 0.717) is 27.9 Å². The van der Waals surface area contributed by atoms with Gasteiger partial charge in [0.15, 0.2) is 11.5 Å². The second-order valence-electron chi connectivity index (χ2n) is 10.9. The molecule has 1 aliphatic heterocycles. The first-order valence-corrected chi connectivity index (χ1v) is 16.0. The molecule has 15 nitrogen and oxygen atoms in total. The van der Waals surface area contributed by atoms with Gasteiger partial charge in [-0.2, -0.15) is 13.5 Å². The predicted octanol–water partition coefficient (Wildman–Crippen LogP) is 2.10. The number of benzene rings is 2. The minimum atomic E-state index is -4.06. The molecule has 16 heteroatoms. The number of hydrogen-bond acceptors (Lipinski definition) is 8. The Balaban J connectivity index is 1.42. The molecule has 0 saturated carbocycles. The van der Waals surface area contributed by atoms with Crippen LogP contribution in [0.3, 0.4) is 0 Å². The van der Waals surface area contributed by atoms with Gasteiger partial charge in [-0.1, -0.05) is 30.0 Å². The number of aromatic nitrogens is 6. The Morgan fingerprint density at radius 2 is 1.83 bits per heavy atom. The van der Waals surface area contributed by atoms with Crippen LogP contribution >= 0.6 is 0 Å². The van der Waals surface area contributed by atoms with E-state index in [-0.39, 0.29) is 33.7 Å². The lowest BCUT2D eigenvalue weighted by Crippen LogP contribution is -2.35. The number of pyridine rings is 1. The highest BCUT2D eigenvalue weighted by Gasteiger charge is 2.34. The van der Waals surface area contributed by atoms with Crippen molar-refractivity contribution in [2.24, 2.45) is 7.05 Å². The van der Waals surface area contributed by atoms with Crippen LogP contribution in [0.15, 0.2) is 78.1 Å². The Bertz CT molecular complexity index is 2540. The molecule has 0 radical (unpaired) electrons. The monoisotopic (exact) mass is 662 g/mol. The number of para-hydroxylation sites is 1. The molecule has 2 aromatic carbocycles. The highest BCUT2D eigenvalue weighted by atomic mass is 32.2. The molecule has 0 fully saturated rings. The first-order chi connectivity index (χ1) is 23.1. The number of amides is 2. The summed E-state index contributed by atoms with van der Waals surface area (Å²) in [5.74, 6) is 4.63. The Labute approximate surface area is 272 Å². The van der Waals surface area contributed by atoms with Crippen LogP contribution in [-0.2, 0) is 17.3 Å². The smallest absolute Gasteiger partial charge is 0.300 e. The molecule has 48 heavy (non-hydrogen) atoms.